The molecule has 3 nitrogen and oxygen atoms in total. The molecular weight excluding hydrogens is 222 g/mol. The van der Waals surface area contributed by atoms with Gasteiger partial charge in [0.25, 0.3) is 0 Å². The van der Waals surface area contributed by atoms with Crippen molar-refractivity contribution >= 4 is 5.69 Å². The van der Waals surface area contributed by atoms with E-state index in [2.05, 4.69) is 41.2 Å². The first kappa shape index (κ1) is 13.3. The zero-order valence-electron chi connectivity index (χ0n) is 11.9. The number of aromatic nitrogens is 1. The number of anilines is 1. The molecule has 0 amide bonds. The second kappa shape index (κ2) is 5.70. The number of hydrogen-bond acceptors (Lipinski definition) is 3. The molecule has 3 heteroatoms. The lowest BCUT2D eigenvalue weighted by molar-refractivity contribution is 0.325. The van der Waals surface area contributed by atoms with Gasteiger partial charge in [0.2, 0.25) is 0 Å². The lowest BCUT2D eigenvalue weighted by Crippen LogP contribution is -2.25. The standard InChI is InChI=1S/C15H25N3/c1-15(2)6-4-9-18(10-7-15)14-5-8-17-13(11-14)12-16-3/h5,8,11,16H,4,6-7,9-10,12H2,1-3H3. The van der Waals surface area contributed by atoms with Gasteiger partial charge in [0, 0.05) is 31.5 Å². The Morgan fingerprint density at radius 3 is 2.94 bits per heavy atom. The largest absolute Gasteiger partial charge is 0.371 e. The van der Waals surface area contributed by atoms with Crippen LogP contribution < -0.4 is 10.2 Å². The van der Waals surface area contributed by atoms with Crippen molar-refractivity contribution in [3.05, 3.63) is 24.0 Å². The molecule has 0 bridgehead atoms. The second-order valence-electron chi connectivity index (χ2n) is 6.04. The van der Waals surface area contributed by atoms with Crippen molar-refractivity contribution in [3.8, 4) is 0 Å². The van der Waals surface area contributed by atoms with Gasteiger partial charge in [0.1, 0.15) is 0 Å². The van der Waals surface area contributed by atoms with Crippen LogP contribution in [0.25, 0.3) is 0 Å². The Hall–Kier alpha value is -1.09. The number of rotatable bonds is 3. The Balaban J connectivity index is 2.08. The molecular formula is C15H25N3. The molecule has 2 heterocycles. The Labute approximate surface area is 111 Å². The van der Waals surface area contributed by atoms with Crippen molar-refractivity contribution in [3.63, 3.8) is 0 Å². The predicted molar refractivity (Wildman–Crippen MR) is 76.8 cm³/mol. The highest BCUT2D eigenvalue weighted by Gasteiger charge is 2.23. The number of nitrogens with zero attached hydrogens (tertiary/aromatic N) is 2. The molecule has 2 rings (SSSR count). The molecule has 100 valence electrons. The highest BCUT2D eigenvalue weighted by atomic mass is 15.1. The van der Waals surface area contributed by atoms with Crippen LogP contribution in [0.15, 0.2) is 18.3 Å². The van der Waals surface area contributed by atoms with Crippen LogP contribution in [0.1, 0.15) is 38.8 Å². The minimum absolute atomic E-state index is 0.496. The second-order valence-corrected chi connectivity index (χ2v) is 6.04. The van der Waals surface area contributed by atoms with E-state index in [1.54, 1.807) is 0 Å². The Morgan fingerprint density at radius 2 is 2.17 bits per heavy atom. The van der Waals surface area contributed by atoms with Crippen molar-refractivity contribution in [1.29, 1.82) is 0 Å². The number of nitrogens with one attached hydrogen (secondary N) is 1. The van der Waals surface area contributed by atoms with Crippen molar-refractivity contribution in [2.24, 2.45) is 5.41 Å². The highest BCUT2D eigenvalue weighted by Crippen LogP contribution is 2.31. The minimum Gasteiger partial charge on any atom is -0.371 e. The predicted octanol–water partition coefficient (Wildman–Crippen LogP) is 2.82. The van der Waals surface area contributed by atoms with Crippen LogP contribution in [0.2, 0.25) is 0 Å². The molecule has 1 aliphatic heterocycles. The Bertz CT molecular complexity index is 387. The first-order valence-corrected chi connectivity index (χ1v) is 6.95. The van der Waals surface area contributed by atoms with E-state index in [1.807, 2.05) is 13.2 Å². The summed E-state index contributed by atoms with van der Waals surface area (Å²) in [7, 11) is 1.96. The lowest BCUT2D eigenvalue weighted by Gasteiger charge is -2.25. The zero-order valence-corrected chi connectivity index (χ0v) is 11.9. The summed E-state index contributed by atoms with van der Waals surface area (Å²) in [6.45, 7) is 7.95. The topological polar surface area (TPSA) is 28.2 Å². The SMILES string of the molecule is CNCc1cc(N2CCCC(C)(C)CC2)ccn1. The van der Waals surface area contributed by atoms with Crippen LogP contribution in [-0.2, 0) is 6.54 Å². The van der Waals surface area contributed by atoms with Crippen molar-refractivity contribution in [2.75, 3.05) is 25.0 Å². The summed E-state index contributed by atoms with van der Waals surface area (Å²) < 4.78 is 0. The Morgan fingerprint density at radius 1 is 1.33 bits per heavy atom. The summed E-state index contributed by atoms with van der Waals surface area (Å²) in [6.07, 6.45) is 5.82. The molecule has 0 unspecified atom stereocenters. The maximum Gasteiger partial charge on any atom is 0.0562 e. The summed E-state index contributed by atoms with van der Waals surface area (Å²) in [5.41, 5.74) is 2.95. The molecule has 0 saturated carbocycles. The van der Waals surface area contributed by atoms with Gasteiger partial charge >= 0.3 is 0 Å². The van der Waals surface area contributed by atoms with Gasteiger partial charge in [-0.3, -0.25) is 4.98 Å². The average Bonchev–Trinajstić information content (AvgIpc) is 2.51. The van der Waals surface area contributed by atoms with Crippen LogP contribution in [0.3, 0.4) is 0 Å². The van der Waals surface area contributed by atoms with E-state index in [1.165, 1.54) is 31.5 Å². The van der Waals surface area contributed by atoms with E-state index in [0.29, 0.717) is 5.41 Å². The van der Waals surface area contributed by atoms with Crippen LogP contribution in [0, 0.1) is 5.41 Å². The molecule has 1 fully saturated rings. The molecule has 18 heavy (non-hydrogen) atoms. The molecule has 0 aliphatic carbocycles. The third kappa shape index (κ3) is 3.45. The fourth-order valence-electron chi connectivity index (χ4n) is 2.62. The van der Waals surface area contributed by atoms with Crippen molar-refractivity contribution in [1.82, 2.24) is 10.3 Å². The normalized spacial score (nSPS) is 19.6. The van der Waals surface area contributed by atoms with Gasteiger partial charge < -0.3 is 10.2 Å². The highest BCUT2D eigenvalue weighted by molar-refractivity contribution is 5.46. The van der Waals surface area contributed by atoms with Crippen LogP contribution in [0.5, 0.6) is 0 Å². The maximum atomic E-state index is 4.39. The fraction of sp³-hybridized carbons (Fsp3) is 0.667. The zero-order chi connectivity index (χ0) is 13.0. The summed E-state index contributed by atoms with van der Waals surface area (Å²) in [4.78, 5) is 6.90. The van der Waals surface area contributed by atoms with Crippen LogP contribution in [-0.4, -0.2) is 25.1 Å². The quantitative estimate of drug-likeness (QED) is 0.890. The summed E-state index contributed by atoms with van der Waals surface area (Å²) in [5.74, 6) is 0. The van der Waals surface area contributed by atoms with Crippen LogP contribution >= 0.6 is 0 Å². The molecule has 1 aromatic heterocycles. The molecule has 0 atom stereocenters. The van der Waals surface area contributed by atoms with Gasteiger partial charge in [-0.15, -0.1) is 0 Å². The van der Waals surface area contributed by atoms with Crippen molar-refractivity contribution < 1.29 is 0 Å². The number of pyridine rings is 1. The summed E-state index contributed by atoms with van der Waals surface area (Å²) in [5, 5.41) is 3.16. The van der Waals surface area contributed by atoms with Gasteiger partial charge in [-0.1, -0.05) is 13.8 Å². The fourth-order valence-corrected chi connectivity index (χ4v) is 2.62. The lowest BCUT2D eigenvalue weighted by atomic mass is 9.85. The maximum absolute atomic E-state index is 4.39. The van der Waals surface area contributed by atoms with E-state index in [4.69, 9.17) is 0 Å². The third-order valence-electron chi connectivity index (χ3n) is 3.86. The average molecular weight is 247 g/mol. The van der Waals surface area contributed by atoms with Gasteiger partial charge in [0.05, 0.1) is 5.69 Å². The Kier molecular flexibility index (Phi) is 4.23. The molecule has 0 aromatic carbocycles. The van der Waals surface area contributed by atoms with E-state index in [0.717, 1.165) is 18.8 Å². The molecule has 0 spiro atoms. The van der Waals surface area contributed by atoms with Gasteiger partial charge in [0.15, 0.2) is 0 Å². The first-order valence-electron chi connectivity index (χ1n) is 6.95. The molecule has 1 N–H and O–H groups in total. The minimum atomic E-state index is 0.496. The summed E-state index contributed by atoms with van der Waals surface area (Å²) in [6, 6.07) is 4.35. The van der Waals surface area contributed by atoms with E-state index >= 15 is 0 Å². The van der Waals surface area contributed by atoms with Crippen molar-refractivity contribution in [2.45, 2.75) is 39.7 Å². The third-order valence-corrected chi connectivity index (χ3v) is 3.86. The first-order chi connectivity index (χ1) is 8.61. The van der Waals surface area contributed by atoms with Gasteiger partial charge in [-0.25, -0.2) is 0 Å². The van der Waals surface area contributed by atoms with E-state index in [9.17, 15) is 0 Å². The smallest absolute Gasteiger partial charge is 0.0562 e. The molecule has 1 aliphatic rings. The van der Waals surface area contributed by atoms with Gasteiger partial charge in [-0.05, 0) is 43.9 Å². The molecule has 1 saturated heterocycles. The van der Waals surface area contributed by atoms with Gasteiger partial charge in [-0.2, -0.15) is 0 Å². The number of hydrogen-bond donors (Lipinski definition) is 1. The molecule has 0 radical (unpaired) electrons. The van der Waals surface area contributed by atoms with E-state index < -0.39 is 0 Å². The summed E-state index contributed by atoms with van der Waals surface area (Å²) >= 11 is 0. The monoisotopic (exact) mass is 247 g/mol. The van der Waals surface area contributed by atoms with E-state index in [-0.39, 0.29) is 0 Å². The van der Waals surface area contributed by atoms with Crippen LogP contribution in [0.4, 0.5) is 5.69 Å². The molecule has 1 aromatic rings.